The molecule has 0 spiro atoms. The SMILES string of the molecule is CC(CO)c1coc(-c2ccccn2)n1. The highest BCUT2D eigenvalue weighted by atomic mass is 16.3. The van der Waals surface area contributed by atoms with Crippen LogP contribution in [0.15, 0.2) is 35.1 Å². The van der Waals surface area contributed by atoms with E-state index in [0.717, 1.165) is 5.69 Å². The van der Waals surface area contributed by atoms with Gasteiger partial charge in [0.2, 0.25) is 5.89 Å². The summed E-state index contributed by atoms with van der Waals surface area (Å²) in [5, 5.41) is 8.97. The molecule has 0 aliphatic carbocycles. The first-order valence-corrected chi connectivity index (χ1v) is 4.79. The zero-order chi connectivity index (χ0) is 10.7. The highest BCUT2D eigenvalue weighted by molar-refractivity contribution is 5.46. The molecule has 0 saturated heterocycles. The Morgan fingerprint density at radius 2 is 2.33 bits per heavy atom. The Labute approximate surface area is 87.6 Å². The lowest BCUT2D eigenvalue weighted by molar-refractivity contribution is 0.271. The third-order valence-electron chi connectivity index (χ3n) is 2.18. The predicted molar refractivity (Wildman–Crippen MR) is 55.2 cm³/mol. The van der Waals surface area contributed by atoms with Crippen LogP contribution in [0.4, 0.5) is 0 Å². The number of aromatic nitrogens is 2. The van der Waals surface area contributed by atoms with Gasteiger partial charge in [-0.3, -0.25) is 4.98 Å². The Morgan fingerprint density at radius 1 is 1.47 bits per heavy atom. The van der Waals surface area contributed by atoms with Crippen LogP contribution >= 0.6 is 0 Å². The van der Waals surface area contributed by atoms with E-state index in [-0.39, 0.29) is 12.5 Å². The summed E-state index contributed by atoms with van der Waals surface area (Å²) in [5.74, 6) is 0.483. The zero-order valence-corrected chi connectivity index (χ0v) is 8.42. The monoisotopic (exact) mass is 204 g/mol. The molecule has 0 aliphatic rings. The Bertz CT molecular complexity index is 425. The van der Waals surface area contributed by atoms with Gasteiger partial charge in [-0.15, -0.1) is 0 Å². The molecule has 0 aliphatic heterocycles. The van der Waals surface area contributed by atoms with Crippen molar-refractivity contribution in [3.8, 4) is 11.6 Å². The topological polar surface area (TPSA) is 59.2 Å². The average molecular weight is 204 g/mol. The fourth-order valence-electron chi connectivity index (χ4n) is 1.21. The molecule has 0 aromatic carbocycles. The lowest BCUT2D eigenvalue weighted by Gasteiger charge is -1.99. The summed E-state index contributed by atoms with van der Waals surface area (Å²) in [4.78, 5) is 8.39. The Balaban J connectivity index is 2.28. The number of aliphatic hydroxyl groups is 1. The summed E-state index contributed by atoms with van der Waals surface area (Å²) in [5.41, 5.74) is 1.45. The molecule has 2 aromatic rings. The summed E-state index contributed by atoms with van der Waals surface area (Å²) in [6.07, 6.45) is 3.25. The maximum absolute atomic E-state index is 8.97. The third-order valence-corrected chi connectivity index (χ3v) is 2.18. The molecule has 4 heteroatoms. The van der Waals surface area contributed by atoms with E-state index in [1.807, 2.05) is 25.1 Å². The van der Waals surface area contributed by atoms with Gasteiger partial charge in [0.15, 0.2) is 0 Å². The van der Waals surface area contributed by atoms with Crippen LogP contribution in [-0.2, 0) is 0 Å². The van der Waals surface area contributed by atoms with Gasteiger partial charge in [0.1, 0.15) is 12.0 Å². The first-order chi connectivity index (χ1) is 7.31. The minimum Gasteiger partial charge on any atom is -0.443 e. The average Bonchev–Trinajstić information content (AvgIpc) is 2.78. The smallest absolute Gasteiger partial charge is 0.245 e. The fourth-order valence-corrected chi connectivity index (χ4v) is 1.21. The molecule has 15 heavy (non-hydrogen) atoms. The molecule has 0 amide bonds. The number of nitrogens with zero attached hydrogens (tertiary/aromatic N) is 2. The summed E-state index contributed by atoms with van der Waals surface area (Å²) in [7, 11) is 0. The third kappa shape index (κ3) is 2.05. The molecule has 0 bridgehead atoms. The van der Waals surface area contributed by atoms with E-state index in [2.05, 4.69) is 9.97 Å². The minimum absolute atomic E-state index is 0.00814. The number of pyridine rings is 1. The van der Waals surface area contributed by atoms with Crippen molar-refractivity contribution in [2.24, 2.45) is 0 Å². The van der Waals surface area contributed by atoms with Crippen LogP contribution < -0.4 is 0 Å². The van der Waals surface area contributed by atoms with E-state index in [0.29, 0.717) is 11.6 Å². The van der Waals surface area contributed by atoms with Crippen molar-refractivity contribution < 1.29 is 9.52 Å². The van der Waals surface area contributed by atoms with E-state index < -0.39 is 0 Å². The first kappa shape index (κ1) is 9.86. The van der Waals surface area contributed by atoms with Gasteiger partial charge >= 0.3 is 0 Å². The molecule has 1 atom stereocenters. The normalized spacial score (nSPS) is 12.7. The summed E-state index contributed by atoms with van der Waals surface area (Å²) < 4.78 is 5.29. The van der Waals surface area contributed by atoms with E-state index in [4.69, 9.17) is 9.52 Å². The van der Waals surface area contributed by atoms with Crippen LogP contribution in [0.25, 0.3) is 11.6 Å². The van der Waals surface area contributed by atoms with Gasteiger partial charge < -0.3 is 9.52 Å². The van der Waals surface area contributed by atoms with Crippen molar-refractivity contribution in [2.75, 3.05) is 6.61 Å². The second kappa shape index (κ2) is 4.23. The van der Waals surface area contributed by atoms with E-state index in [1.54, 1.807) is 12.5 Å². The van der Waals surface area contributed by atoms with Crippen LogP contribution in [0, 0.1) is 0 Å². The quantitative estimate of drug-likeness (QED) is 0.828. The largest absolute Gasteiger partial charge is 0.443 e. The van der Waals surface area contributed by atoms with Crippen LogP contribution in [0.1, 0.15) is 18.5 Å². The van der Waals surface area contributed by atoms with Crippen molar-refractivity contribution >= 4 is 0 Å². The van der Waals surface area contributed by atoms with Crippen molar-refractivity contribution in [3.63, 3.8) is 0 Å². The van der Waals surface area contributed by atoms with Gasteiger partial charge in [-0.1, -0.05) is 13.0 Å². The maximum Gasteiger partial charge on any atom is 0.245 e. The van der Waals surface area contributed by atoms with Crippen molar-refractivity contribution in [1.29, 1.82) is 0 Å². The number of rotatable bonds is 3. The number of hydrogen-bond donors (Lipinski definition) is 1. The lowest BCUT2D eigenvalue weighted by Crippen LogP contribution is -1.98. The van der Waals surface area contributed by atoms with Gasteiger partial charge in [-0.25, -0.2) is 4.98 Å². The molecule has 0 saturated carbocycles. The summed E-state index contributed by atoms with van der Waals surface area (Å²) >= 11 is 0. The molecule has 1 N–H and O–H groups in total. The molecule has 0 fully saturated rings. The maximum atomic E-state index is 8.97. The summed E-state index contributed by atoms with van der Waals surface area (Å²) in [6, 6.07) is 5.55. The van der Waals surface area contributed by atoms with Crippen molar-refractivity contribution in [2.45, 2.75) is 12.8 Å². The van der Waals surface area contributed by atoms with Crippen LogP contribution in [0.5, 0.6) is 0 Å². The first-order valence-electron chi connectivity index (χ1n) is 4.79. The second-order valence-corrected chi connectivity index (χ2v) is 3.38. The van der Waals surface area contributed by atoms with E-state index in [9.17, 15) is 0 Å². The molecule has 0 radical (unpaired) electrons. The van der Waals surface area contributed by atoms with Gasteiger partial charge in [0.25, 0.3) is 0 Å². The van der Waals surface area contributed by atoms with Gasteiger partial charge in [-0.05, 0) is 12.1 Å². The van der Waals surface area contributed by atoms with Gasteiger partial charge in [0.05, 0.1) is 12.3 Å². The molecule has 2 heterocycles. The molecular formula is C11H12N2O2. The molecule has 1 unspecified atom stereocenters. The lowest BCUT2D eigenvalue weighted by atomic mass is 10.1. The molecule has 4 nitrogen and oxygen atoms in total. The molecule has 78 valence electrons. The highest BCUT2D eigenvalue weighted by Gasteiger charge is 2.11. The van der Waals surface area contributed by atoms with Gasteiger partial charge in [0, 0.05) is 12.1 Å². The van der Waals surface area contributed by atoms with Gasteiger partial charge in [-0.2, -0.15) is 0 Å². The van der Waals surface area contributed by atoms with E-state index in [1.165, 1.54) is 0 Å². The molecule has 2 rings (SSSR count). The Kier molecular flexibility index (Phi) is 2.78. The van der Waals surface area contributed by atoms with Crippen LogP contribution in [0.2, 0.25) is 0 Å². The Morgan fingerprint density at radius 3 is 3.00 bits per heavy atom. The van der Waals surface area contributed by atoms with Crippen molar-refractivity contribution in [3.05, 3.63) is 36.4 Å². The second-order valence-electron chi connectivity index (χ2n) is 3.38. The van der Waals surface area contributed by atoms with E-state index >= 15 is 0 Å². The molecule has 2 aromatic heterocycles. The highest BCUT2D eigenvalue weighted by Crippen LogP contribution is 2.19. The molecular weight excluding hydrogens is 192 g/mol. The minimum atomic E-state index is -0.00814. The predicted octanol–water partition coefficient (Wildman–Crippen LogP) is 1.83. The van der Waals surface area contributed by atoms with Crippen LogP contribution in [-0.4, -0.2) is 21.7 Å². The fraction of sp³-hybridized carbons (Fsp3) is 0.273. The zero-order valence-electron chi connectivity index (χ0n) is 8.42. The van der Waals surface area contributed by atoms with Crippen molar-refractivity contribution in [1.82, 2.24) is 9.97 Å². The van der Waals surface area contributed by atoms with Crippen LogP contribution in [0.3, 0.4) is 0 Å². The Hall–Kier alpha value is -1.68. The summed E-state index contributed by atoms with van der Waals surface area (Å²) in [6.45, 7) is 1.95. The number of hydrogen-bond acceptors (Lipinski definition) is 4. The standard InChI is InChI=1S/C11H12N2O2/c1-8(6-14)10-7-15-11(13-10)9-4-2-3-5-12-9/h2-5,7-8,14H,6H2,1H3. The number of aliphatic hydroxyl groups excluding tert-OH is 1. The number of oxazole rings is 1.